The summed E-state index contributed by atoms with van der Waals surface area (Å²) >= 11 is 0. The molecule has 0 aromatic heterocycles. The average molecular weight is 304 g/mol. The van der Waals surface area contributed by atoms with Gasteiger partial charge in [-0.05, 0) is 30.7 Å². The number of hydrogen-bond acceptors (Lipinski definition) is 4. The highest BCUT2D eigenvalue weighted by molar-refractivity contribution is 7.92. The lowest BCUT2D eigenvalue weighted by molar-refractivity contribution is 0.580. The van der Waals surface area contributed by atoms with Crippen molar-refractivity contribution < 1.29 is 8.42 Å². The Hall–Kier alpha value is -0.980. The number of fused-ring (bicyclic) bond motifs is 2. The van der Waals surface area contributed by atoms with E-state index in [0.29, 0.717) is 17.8 Å². The van der Waals surface area contributed by atoms with Crippen molar-refractivity contribution in [2.75, 3.05) is 29.0 Å². The summed E-state index contributed by atoms with van der Waals surface area (Å²) in [5.41, 5.74) is 1.78. The number of hydrogen-bond donors (Lipinski definition) is 2. The molecule has 1 aromatic rings. The molecule has 0 amide bonds. The molecular formula is C12H18ClN3O2S. The monoisotopic (exact) mass is 303 g/mol. The van der Waals surface area contributed by atoms with Gasteiger partial charge in [0, 0.05) is 36.5 Å². The second kappa shape index (κ2) is 5.19. The van der Waals surface area contributed by atoms with E-state index in [1.54, 1.807) is 0 Å². The van der Waals surface area contributed by atoms with Crippen molar-refractivity contribution in [1.29, 1.82) is 0 Å². The van der Waals surface area contributed by atoms with Gasteiger partial charge in [-0.25, -0.2) is 8.42 Å². The molecule has 106 valence electrons. The quantitative estimate of drug-likeness (QED) is 0.875. The van der Waals surface area contributed by atoms with Crippen molar-refractivity contribution in [1.82, 2.24) is 5.32 Å². The molecule has 7 heteroatoms. The highest BCUT2D eigenvalue weighted by Gasteiger charge is 2.37. The predicted molar refractivity (Wildman–Crippen MR) is 79.7 cm³/mol. The zero-order valence-corrected chi connectivity index (χ0v) is 12.3. The molecule has 19 heavy (non-hydrogen) atoms. The van der Waals surface area contributed by atoms with Crippen LogP contribution in [0.15, 0.2) is 24.3 Å². The Morgan fingerprint density at radius 3 is 2.47 bits per heavy atom. The van der Waals surface area contributed by atoms with Crippen LogP contribution in [0.25, 0.3) is 0 Å². The summed E-state index contributed by atoms with van der Waals surface area (Å²) in [6, 6.07) is 8.79. The van der Waals surface area contributed by atoms with Crippen molar-refractivity contribution in [3.05, 3.63) is 24.3 Å². The van der Waals surface area contributed by atoms with Gasteiger partial charge in [0.2, 0.25) is 10.0 Å². The van der Waals surface area contributed by atoms with Crippen LogP contribution in [0.1, 0.15) is 6.42 Å². The topological polar surface area (TPSA) is 61.4 Å². The highest BCUT2D eigenvalue weighted by Crippen LogP contribution is 2.30. The third kappa shape index (κ3) is 3.13. The molecule has 0 radical (unpaired) electrons. The van der Waals surface area contributed by atoms with Crippen LogP contribution in [-0.4, -0.2) is 39.8 Å². The van der Waals surface area contributed by atoms with Crippen LogP contribution >= 0.6 is 12.4 Å². The van der Waals surface area contributed by atoms with Crippen LogP contribution in [0, 0.1) is 0 Å². The summed E-state index contributed by atoms with van der Waals surface area (Å²) < 4.78 is 24.7. The number of anilines is 2. The van der Waals surface area contributed by atoms with Gasteiger partial charge in [-0.1, -0.05) is 0 Å². The first-order chi connectivity index (χ1) is 8.51. The van der Waals surface area contributed by atoms with Gasteiger partial charge in [0.15, 0.2) is 0 Å². The molecular weight excluding hydrogens is 286 g/mol. The van der Waals surface area contributed by atoms with Crippen molar-refractivity contribution in [3.63, 3.8) is 0 Å². The summed E-state index contributed by atoms with van der Waals surface area (Å²) in [5.74, 6) is 0. The minimum Gasteiger partial charge on any atom is -0.366 e. The van der Waals surface area contributed by atoms with Crippen LogP contribution in [0.4, 0.5) is 11.4 Å². The maximum atomic E-state index is 11.1. The first-order valence-corrected chi connectivity index (χ1v) is 7.98. The molecule has 0 unspecified atom stereocenters. The van der Waals surface area contributed by atoms with E-state index in [-0.39, 0.29) is 12.4 Å². The van der Waals surface area contributed by atoms with Gasteiger partial charge in [0.25, 0.3) is 0 Å². The SMILES string of the molecule is CS(=O)(=O)Nc1ccc(N2C[C@@H]3C[C@H]2CN3)cc1.Cl. The first kappa shape index (κ1) is 14.4. The van der Waals surface area contributed by atoms with E-state index in [4.69, 9.17) is 0 Å². The lowest BCUT2D eigenvalue weighted by atomic mass is 10.2. The predicted octanol–water partition coefficient (Wildman–Crippen LogP) is 1.03. The van der Waals surface area contributed by atoms with Gasteiger partial charge in [0.05, 0.1) is 6.26 Å². The van der Waals surface area contributed by atoms with Crippen LogP contribution in [0.5, 0.6) is 0 Å². The first-order valence-electron chi connectivity index (χ1n) is 6.09. The van der Waals surface area contributed by atoms with Crippen molar-refractivity contribution >= 4 is 33.8 Å². The summed E-state index contributed by atoms with van der Waals surface area (Å²) in [4.78, 5) is 2.39. The fraction of sp³-hybridized carbons (Fsp3) is 0.500. The van der Waals surface area contributed by atoms with E-state index in [1.165, 1.54) is 12.1 Å². The summed E-state index contributed by atoms with van der Waals surface area (Å²) in [5, 5.41) is 3.46. The van der Waals surface area contributed by atoms with Crippen LogP contribution < -0.4 is 14.9 Å². The molecule has 0 saturated carbocycles. The Kier molecular flexibility index (Phi) is 3.94. The van der Waals surface area contributed by atoms with Crippen molar-refractivity contribution in [3.8, 4) is 0 Å². The number of benzene rings is 1. The molecule has 0 aliphatic carbocycles. The zero-order chi connectivity index (χ0) is 12.8. The van der Waals surface area contributed by atoms with Gasteiger partial charge in [-0.15, -0.1) is 12.4 Å². The molecule has 2 aliphatic heterocycles. The largest absolute Gasteiger partial charge is 0.366 e. The maximum Gasteiger partial charge on any atom is 0.229 e. The fourth-order valence-corrected chi connectivity index (χ4v) is 3.38. The van der Waals surface area contributed by atoms with E-state index in [1.807, 2.05) is 24.3 Å². The molecule has 0 spiro atoms. The van der Waals surface area contributed by atoms with Crippen LogP contribution in [-0.2, 0) is 10.0 Å². The normalized spacial score (nSPS) is 25.2. The van der Waals surface area contributed by atoms with Crippen LogP contribution in [0.3, 0.4) is 0 Å². The highest BCUT2D eigenvalue weighted by atomic mass is 35.5. The Morgan fingerprint density at radius 1 is 1.32 bits per heavy atom. The summed E-state index contributed by atoms with van der Waals surface area (Å²) in [7, 11) is -3.19. The number of sulfonamides is 1. The van der Waals surface area contributed by atoms with E-state index < -0.39 is 10.0 Å². The minimum atomic E-state index is -3.19. The molecule has 2 bridgehead atoms. The minimum absolute atomic E-state index is 0. The molecule has 3 rings (SSSR count). The van der Waals surface area contributed by atoms with Gasteiger partial charge in [-0.3, -0.25) is 4.72 Å². The van der Waals surface area contributed by atoms with E-state index >= 15 is 0 Å². The Balaban J connectivity index is 0.00000133. The van der Waals surface area contributed by atoms with Crippen molar-refractivity contribution in [2.24, 2.45) is 0 Å². The second-order valence-electron chi connectivity index (χ2n) is 5.07. The summed E-state index contributed by atoms with van der Waals surface area (Å²) in [6.07, 6.45) is 2.37. The Morgan fingerprint density at radius 2 is 2.00 bits per heavy atom. The number of nitrogens with one attached hydrogen (secondary N) is 2. The molecule has 1 aromatic carbocycles. The van der Waals surface area contributed by atoms with E-state index in [9.17, 15) is 8.42 Å². The lowest BCUT2D eigenvalue weighted by Crippen LogP contribution is -2.43. The zero-order valence-electron chi connectivity index (χ0n) is 10.7. The molecule has 2 atom stereocenters. The third-order valence-electron chi connectivity index (χ3n) is 3.56. The average Bonchev–Trinajstić information content (AvgIpc) is 2.89. The third-order valence-corrected chi connectivity index (χ3v) is 4.17. The molecule has 2 aliphatic rings. The van der Waals surface area contributed by atoms with Gasteiger partial charge in [-0.2, -0.15) is 0 Å². The molecule has 2 N–H and O–H groups in total. The van der Waals surface area contributed by atoms with Gasteiger partial charge in [0.1, 0.15) is 0 Å². The Labute approximate surface area is 119 Å². The number of rotatable bonds is 3. The van der Waals surface area contributed by atoms with Crippen molar-refractivity contribution in [2.45, 2.75) is 18.5 Å². The molecule has 2 heterocycles. The standard InChI is InChI=1S/C12H17N3O2S.ClH/c1-18(16,17)14-9-2-4-11(5-3-9)15-8-10-6-12(15)7-13-10;/h2-5,10,12-14H,6-8H2,1H3;1H/t10-,12-;/m0./s1. The van der Waals surface area contributed by atoms with Gasteiger partial charge < -0.3 is 10.2 Å². The smallest absolute Gasteiger partial charge is 0.229 e. The maximum absolute atomic E-state index is 11.1. The molecule has 2 saturated heterocycles. The fourth-order valence-electron chi connectivity index (χ4n) is 2.81. The summed E-state index contributed by atoms with van der Waals surface area (Å²) in [6.45, 7) is 2.09. The lowest BCUT2D eigenvalue weighted by Gasteiger charge is -2.29. The number of halogens is 1. The number of nitrogens with zero attached hydrogens (tertiary/aromatic N) is 1. The molecule has 5 nitrogen and oxygen atoms in total. The Bertz CT molecular complexity index is 547. The van der Waals surface area contributed by atoms with E-state index in [2.05, 4.69) is 14.9 Å². The molecule has 2 fully saturated rings. The second-order valence-corrected chi connectivity index (χ2v) is 6.82. The van der Waals surface area contributed by atoms with Gasteiger partial charge >= 0.3 is 0 Å². The number of piperazine rings is 1. The van der Waals surface area contributed by atoms with E-state index in [0.717, 1.165) is 19.3 Å². The van der Waals surface area contributed by atoms with Crippen LogP contribution in [0.2, 0.25) is 0 Å².